The van der Waals surface area contributed by atoms with Gasteiger partial charge in [-0.3, -0.25) is 19.2 Å². The van der Waals surface area contributed by atoms with Crippen LogP contribution >= 0.6 is 23.4 Å². The fraction of sp³-hybridized carbons (Fsp3) is 0.273. The van der Waals surface area contributed by atoms with Gasteiger partial charge < -0.3 is 21.3 Å². The number of anilines is 1. The van der Waals surface area contributed by atoms with Crippen LogP contribution in [-0.2, 0) is 19.2 Å². The van der Waals surface area contributed by atoms with E-state index in [1.54, 1.807) is 18.2 Å². The lowest BCUT2D eigenvalue weighted by atomic mass is 10.0. The van der Waals surface area contributed by atoms with Crippen molar-refractivity contribution in [1.82, 2.24) is 4.90 Å². The van der Waals surface area contributed by atoms with E-state index < -0.39 is 35.1 Å². The molecule has 0 aliphatic carbocycles. The summed E-state index contributed by atoms with van der Waals surface area (Å²) in [5.74, 6) is -2.23. The van der Waals surface area contributed by atoms with Crippen LogP contribution in [-0.4, -0.2) is 47.2 Å². The minimum absolute atomic E-state index is 0.109. The zero-order chi connectivity index (χ0) is 23.0. The van der Waals surface area contributed by atoms with Gasteiger partial charge in [-0.2, -0.15) is 0 Å². The number of halogens is 1. The number of hydrogen-bond acceptors (Lipinski definition) is 5. The van der Waals surface area contributed by atoms with Crippen LogP contribution in [0.4, 0.5) is 5.69 Å². The van der Waals surface area contributed by atoms with Crippen molar-refractivity contribution in [2.24, 2.45) is 11.5 Å². The van der Waals surface area contributed by atoms with Gasteiger partial charge >= 0.3 is 0 Å². The van der Waals surface area contributed by atoms with E-state index in [2.05, 4.69) is 0 Å². The Bertz CT molecular complexity index is 1100. The molecule has 166 valence electrons. The first kappa shape index (κ1) is 22.2. The van der Waals surface area contributed by atoms with Gasteiger partial charge in [0.2, 0.25) is 17.7 Å². The maximum absolute atomic E-state index is 13.9. The normalized spacial score (nSPS) is 23.1. The second kappa shape index (κ2) is 8.84. The molecule has 4 N–H and O–H groups in total. The van der Waals surface area contributed by atoms with Gasteiger partial charge in [-0.25, -0.2) is 0 Å². The zero-order valence-corrected chi connectivity index (χ0v) is 18.5. The average molecular weight is 473 g/mol. The molecule has 0 bridgehead atoms. The van der Waals surface area contributed by atoms with Crippen LogP contribution in [0, 0.1) is 0 Å². The average Bonchev–Trinajstić information content (AvgIpc) is 3.09. The largest absolute Gasteiger partial charge is 0.368 e. The van der Waals surface area contributed by atoms with Crippen molar-refractivity contribution in [1.29, 1.82) is 0 Å². The van der Waals surface area contributed by atoms with Gasteiger partial charge in [-0.1, -0.05) is 41.9 Å². The second-order valence-electron chi connectivity index (χ2n) is 7.65. The number of nitrogens with zero attached hydrogens (tertiary/aromatic N) is 2. The summed E-state index contributed by atoms with van der Waals surface area (Å²) in [7, 11) is 0. The Morgan fingerprint density at radius 2 is 1.81 bits per heavy atom. The van der Waals surface area contributed by atoms with E-state index in [1.165, 1.54) is 21.6 Å². The van der Waals surface area contributed by atoms with Crippen molar-refractivity contribution in [2.45, 2.75) is 35.1 Å². The van der Waals surface area contributed by atoms with Crippen molar-refractivity contribution in [2.75, 3.05) is 11.4 Å². The highest BCUT2D eigenvalue weighted by Crippen LogP contribution is 2.49. The Hall–Kier alpha value is -3.04. The molecule has 2 aliphatic rings. The first-order chi connectivity index (χ1) is 15.3. The summed E-state index contributed by atoms with van der Waals surface area (Å²) in [5.41, 5.74) is 12.3. The van der Waals surface area contributed by atoms with Crippen LogP contribution in [0.25, 0.3) is 0 Å². The van der Waals surface area contributed by atoms with Crippen LogP contribution < -0.4 is 16.4 Å². The number of hydrogen-bond donors (Lipinski definition) is 2. The Morgan fingerprint density at radius 1 is 1.09 bits per heavy atom. The van der Waals surface area contributed by atoms with Gasteiger partial charge in [0.05, 0.1) is 10.9 Å². The summed E-state index contributed by atoms with van der Waals surface area (Å²) in [4.78, 5) is 54.1. The van der Waals surface area contributed by atoms with Crippen LogP contribution in [0.2, 0.25) is 5.02 Å². The zero-order valence-electron chi connectivity index (χ0n) is 16.9. The van der Waals surface area contributed by atoms with Gasteiger partial charge in [0, 0.05) is 16.3 Å². The fourth-order valence-corrected chi connectivity index (χ4v) is 5.90. The van der Waals surface area contributed by atoms with E-state index in [9.17, 15) is 19.2 Å². The van der Waals surface area contributed by atoms with E-state index in [4.69, 9.17) is 23.1 Å². The molecule has 2 aliphatic heterocycles. The highest BCUT2D eigenvalue weighted by Gasteiger charge is 2.49. The lowest BCUT2D eigenvalue weighted by molar-refractivity contribution is -0.141. The van der Waals surface area contributed by atoms with E-state index >= 15 is 0 Å². The number of thioether (sulfide) groups is 1. The Morgan fingerprint density at radius 3 is 2.47 bits per heavy atom. The molecule has 0 radical (unpaired) electrons. The molecule has 8 nitrogen and oxygen atoms in total. The van der Waals surface area contributed by atoms with Crippen LogP contribution in [0.1, 0.15) is 23.7 Å². The molecule has 4 rings (SSSR count). The molecule has 1 saturated heterocycles. The summed E-state index contributed by atoms with van der Waals surface area (Å²) in [6.07, 6.45) is 0.344. The lowest BCUT2D eigenvalue weighted by Crippen LogP contribution is -2.57. The molecule has 0 aromatic heterocycles. The molecule has 4 amide bonds. The standard InChI is InChI=1S/C22H21ClN4O4S/c23-13-6-7-14-16(10-13)32-20(12-4-2-1-3-5-12)19(22(31)26(14)11-17(24)28)27-15(21(25)30)8-9-18(27)29/h1-7,10,15,19-20H,8-9,11H2,(H2,24,28)(H2,25,30). The molecular formula is C22H21ClN4O4S. The summed E-state index contributed by atoms with van der Waals surface area (Å²) in [6, 6.07) is 12.2. The molecule has 1 fully saturated rings. The van der Waals surface area contributed by atoms with Crippen molar-refractivity contribution in [3.05, 3.63) is 59.1 Å². The third kappa shape index (κ3) is 4.05. The molecular weight excluding hydrogens is 452 g/mol. The van der Waals surface area contributed by atoms with Crippen molar-refractivity contribution < 1.29 is 19.2 Å². The van der Waals surface area contributed by atoms with Gasteiger partial charge in [-0.15, -0.1) is 11.8 Å². The lowest BCUT2D eigenvalue weighted by Gasteiger charge is -2.36. The first-order valence-electron chi connectivity index (χ1n) is 9.99. The Balaban J connectivity index is 1.92. The Kier molecular flexibility index (Phi) is 6.12. The minimum Gasteiger partial charge on any atom is -0.368 e. The molecule has 2 heterocycles. The smallest absolute Gasteiger partial charge is 0.251 e. The maximum atomic E-state index is 13.9. The third-order valence-electron chi connectivity index (χ3n) is 5.60. The van der Waals surface area contributed by atoms with E-state index in [-0.39, 0.29) is 25.3 Å². The topological polar surface area (TPSA) is 127 Å². The third-order valence-corrected chi connectivity index (χ3v) is 7.20. The predicted molar refractivity (Wildman–Crippen MR) is 121 cm³/mol. The molecule has 3 unspecified atom stereocenters. The van der Waals surface area contributed by atoms with E-state index in [1.807, 2.05) is 30.3 Å². The van der Waals surface area contributed by atoms with Crippen LogP contribution in [0.15, 0.2) is 53.4 Å². The molecule has 0 saturated carbocycles. The summed E-state index contributed by atoms with van der Waals surface area (Å²) < 4.78 is 0. The minimum atomic E-state index is -1.07. The quantitative estimate of drug-likeness (QED) is 0.686. The number of rotatable bonds is 5. The highest BCUT2D eigenvalue weighted by atomic mass is 35.5. The number of nitrogens with two attached hydrogens (primary N) is 2. The van der Waals surface area contributed by atoms with Crippen LogP contribution in [0.5, 0.6) is 0 Å². The van der Waals surface area contributed by atoms with E-state index in [0.717, 1.165) is 5.56 Å². The number of primary amides is 2. The summed E-state index contributed by atoms with van der Waals surface area (Å²) in [5, 5.41) is -0.108. The van der Waals surface area contributed by atoms with E-state index in [0.29, 0.717) is 15.6 Å². The predicted octanol–water partition coefficient (Wildman–Crippen LogP) is 1.85. The molecule has 3 atom stereocenters. The van der Waals surface area contributed by atoms with Crippen molar-refractivity contribution in [3.63, 3.8) is 0 Å². The first-order valence-corrected chi connectivity index (χ1v) is 11.2. The van der Waals surface area contributed by atoms with Gasteiger partial charge in [0.25, 0.3) is 5.91 Å². The molecule has 2 aromatic rings. The number of benzene rings is 2. The molecule has 32 heavy (non-hydrogen) atoms. The van der Waals surface area contributed by atoms with Gasteiger partial charge in [-0.05, 0) is 30.2 Å². The van der Waals surface area contributed by atoms with Crippen molar-refractivity contribution >= 4 is 52.7 Å². The van der Waals surface area contributed by atoms with Crippen LogP contribution in [0.3, 0.4) is 0 Å². The number of carbonyl (C=O) groups is 4. The van der Waals surface area contributed by atoms with Gasteiger partial charge in [0.1, 0.15) is 18.6 Å². The highest BCUT2D eigenvalue weighted by molar-refractivity contribution is 7.99. The number of amides is 4. The SMILES string of the molecule is NC(=O)CN1C(=O)C(N2C(=O)CCC2C(N)=O)C(c2ccccc2)Sc2cc(Cl)ccc21. The second-order valence-corrected chi connectivity index (χ2v) is 9.27. The molecule has 10 heteroatoms. The monoisotopic (exact) mass is 472 g/mol. The Labute approximate surface area is 193 Å². The molecule has 2 aromatic carbocycles. The van der Waals surface area contributed by atoms with Crippen molar-refractivity contribution in [3.8, 4) is 0 Å². The number of fused-ring (bicyclic) bond motifs is 1. The number of carbonyl (C=O) groups excluding carboxylic acids is 4. The number of likely N-dealkylation sites (tertiary alicyclic amines) is 1. The fourth-order valence-electron chi connectivity index (χ4n) is 4.22. The van der Waals surface area contributed by atoms with Gasteiger partial charge in [0.15, 0.2) is 0 Å². The summed E-state index contributed by atoms with van der Waals surface area (Å²) >= 11 is 7.58. The molecule has 0 spiro atoms. The summed E-state index contributed by atoms with van der Waals surface area (Å²) in [6.45, 7) is -0.380. The maximum Gasteiger partial charge on any atom is 0.251 e.